The average Bonchev–Trinajstić information content (AvgIpc) is 2.55. The van der Waals surface area contributed by atoms with E-state index in [0.717, 1.165) is 0 Å². The van der Waals surface area contributed by atoms with Crippen molar-refractivity contribution in [3.8, 4) is 11.5 Å². The molecule has 0 saturated heterocycles. The van der Waals surface area contributed by atoms with Gasteiger partial charge in [0.15, 0.2) is 11.5 Å². The van der Waals surface area contributed by atoms with Gasteiger partial charge >= 0.3 is 0 Å². The summed E-state index contributed by atoms with van der Waals surface area (Å²) in [6.07, 6.45) is 1.21. The van der Waals surface area contributed by atoms with Crippen molar-refractivity contribution in [1.29, 1.82) is 0 Å². The molecule has 112 valence electrons. The first-order chi connectivity index (χ1) is 10.6. The van der Waals surface area contributed by atoms with Gasteiger partial charge in [-0.2, -0.15) is 0 Å². The van der Waals surface area contributed by atoms with Gasteiger partial charge in [0, 0.05) is 28.0 Å². The molecule has 0 bridgehead atoms. The van der Waals surface area contributed by atoms with Crippen LogP contribution in [0.5, 0.6) is 11.5 Å². The first kappa shape index (κ1) is 14.1. The number of methoxy groups -OCH3 is 3. The van der Waals surface area contributed by atoms with Gasteiger partial charge < -0.3 is 14.2 Å². The van der Waals surface area contributed by atoms with E-state index in [9.17, 15) is 9.59 Å². The van der Waals surface area contributed by atoms with Gasteiger partial charge in [0.1, 0.15) is 11.5 Å². The van der Waals surface area contributed by atoms with Crippen LogP contribution in [0.3, 0.4) is 0 Å². The topological polar surface area (TPSA) is 61.8 Å². The van der Waals surface area contributed by atoms with E-state index in [1.807, 2.05) is 0 Å². The Bertz CT molecular complexity index is 833. The molecule has 3 rings (SSSR count). The maximum absolute atomic E-state index is 12.6. The van der Waals surface area contributed by atoms with Crippen molar-refractivity contribution in [3.05, 3.63) is 47.2 Å². The van der Waals surface area contributed by atoms with E-state index in [0.29, 0.717) is 27.8 Å². The molecule has 0 amide bonds. The van der Waals surface area contributed by atoms with Gasteiger partial charge in [-0.05, 0) is 24.3 Å². The van der Waals surface area contributed by atoms with Crippen LogP contribution in [0.2, 0.25) is 0 Å². The number of hydrogen-bond donors (Lipinski definition) is 0. The van der Waals surface area contributed by atoms with Gasteiger partial charge in [-0.3, -0.25) is 9.59 Å². The van der Waals surface area contributed by atoms with Gasteiger partial charge in [-0.25, -0.2) is 0 Å². The largest absolute Gasteiger partial charge is 0.496 e. The molecule has 0 saturated carbocycles. The van der Waals surface area contributed by atoms with Crippen molar-refractivity contribution in [2.45, 2.75) is 0 Å². The third-order valence-electron chi connectivity index (χ3n) is 3.74. The molecule has 0 radical (unpaired) electrons. The predicted octanol–water partition coefficient (Wildman–Crippen LogP) is 2.77. The second-order valence-corrected chi connectivity index (χ2v) is 4.79. The van der Waals surface area contributed by atoms with E-state index >= 15 is 0 Å². The number of hydrogen-bond acceptors (Lipinski definition) is 5. The van der Waals surface area contributed by atoms with Crippen molar-refractivity contribution < 1.29 is 23.8 Å². The summed E-state index contributed by atoms with van der Waals surface area (Å²) in [5, 5.41) is 1.26. The summed E-state index contributed by atoms with van der Waals surface area (Å²) in [7, 11) is 4.43. The molecular formula is C17H14O5. The Balaban J connectivity index is 2.45. The minimum atomic E-state index is -0.339. The Morgan fingerprint density at radius 2 is 1.50 bits per heavy atom. The first-order valence-electron chi connectivity index (χ1n) is 6.64. The summed E-state index contributed by atoms with van der Waals surface area (Å²) >= 11 is 0. The zero-order valence-corrected chi connectivity index (χ0v) is 12.4. The first-order valence-corrected chi connectivity index (χ1v) is 6.64. The van der Waals surface area contributed by atoms with E-state index < -0.39 is 0 Å². The van der Waals surface area contributed by atoms with Gasteiger partial charge in [0.2, 0.25) is 5.78 Å². The maximum atomic E-state index is 12.6. The fourth-order valence-corrected chi connectivity index (χ4v) is 2.71. The molecule has 0 N–H and O–H groups in total. The van der Waals surface area contributed by atoms with Crippen LogP contribution in [-0.4, -0.2) is 32.9 Å². The number of allylic oxidation sites excluding steroid dienone is 2. The van der Waals surface area contributed by atoms with Gasteiger partial charge in [-0.1, -0.05) is 0 Å². The average molecular weight is 298 g/mol. The second kappa shape index (κ2) is 5.18. The van der Waals surface area contributed by atoms with Crippen molar-refractivity contribution in [2.75, 3.05) is 21.3 Å². The minimum absolute atomic E-state index is 0.0230. The van der Waals surface area contributed by atoms with Crippen LogP contribution in [-0.2, 0) is 4.74 Å². The smallest absolute Gasteiger partial charge is 0.229 e. The highest BCUT2D eigenvalue weighted by atomic mass is 16.5. The molecule has 0 fully saturated rings. The van der Waals surface area contributed by atoms with Crippen molar-refractivity contribution in [1.82, 2.24) is 0 Å². The molecule has 0 atom stereocenters. The number of ketones is 2. The number of Topliss-reactive ketones (excluding diaryl/α,β-unsaturated/α-hetero) is 1. The number of carbonyl (C=O) groups is 2. The molecule has 0 aromatic heterocycles. The molecule has 2 aromatic rings. The summed E-state index contributed by atoms with van der Waals surface area (Å²) in [5.74, 6) is 0.529. The maximum Gasteiger partial charge on any atom is 0.229 e. The highest BCUT2D eigenvalue weighted by Crippen LogP contribution is 2.39. The Kier molecular flexibility index (Phi) is 3.33. The monoisotopic (exact) mass is 298 g/mol. The fourth-order valence-electron chi connectivity index (χ4n) is 2.71. The molecule has 0 heterocycles. The SMILES string of the molecule is COC1=CC(=O)c2ccc3c(OC)ccc(OC)c3c2C1=O. The van der Waals surface area contributed by atoms with Gasteiger partial charge in [-0.15, -0.1) is 0 Å². The lowest BCUT2D eigenvalue weighted by atomic mass is 9.88. The van der Waals surface area contributed by atoms with Crippen molar-refractivity contribution in [3.63, 3.8) is 0 Å². The lowest BCUT2D eigenvalue weighted by Gasteiger charge is -2.19. The van der Waals surface area contributed by atoms with Gasteiger partial charge in [0.25, 0.3) is 0 Å². The van der Waals surface area contributed by atoms with Crippen LogP contribution < -0.4 is 9.47 Å². The molecular weight excluding hydrogens is 284 g/mol. The Labute approximate surface area is 127 Å². The number of ether oxygens (including phenoxy) is 3. The number of benzene rings is 2. The lowest BCUT2D eigenvalue weighted by molar-refractivity contribution is 0.0918. The lowest BCUT2D eigenvalue weighted by Crippen LogP contribution is -2.18. The number of rotatable bonds is 3. The van der Waals surface area contributed by atoms with E-state index in [2.05, 4.69) is 0 Å². The van der Waals surface area contributed by atoms with E-state index in [1.165, 1.54) is 20.3 Å². The quantitative estimate of drug-likeness (QED) is 0.872. The van der Waals surface area contributed by atoms with Crippen LogP contribution in [0.25, 0.3) is 10.8 Å². The Hall–Kier alpha value is -2.82. The minimum Gasteiger partial charge on any atom is -0.496 e. The normalized spacial score (nSPS) is 13.7. The molecule has 1 aliphatic rings. The van der Waals surface area contributed by atoms with Crippen LogP contribution in [0.1, 0.15) is 20.7 Å². The number of fused-ring (bicyclic) bond motifs is 3. The van der Waals surface area contributed by atoms with Crippen LogP contribution in [0, 0.1) is 0 Å². The summed E-state index contributed by atoms with van der Waals surface area (Å²) in [5.41, 5.74) is 0.627. The Morgan fingerprint density at radius 1 is 0.818 bits per heavy atom. The molecule has 5 heteroatoms. The second-order valence-electron chi connectivity index (χ2n) is 4.79. The molecule has 1 aliphatic carbocycles. The highest BCUT2D eigenvalue weighted by molar-refractivity contribution is 6.29. The summed E-state index contributed by atoms with van der Waals surface area (Å²) in [6, 6.07) is 6.86. The summed E-state index contributed by atoms with van der Waals surface area (Å²) in [6.45, 7) is 0. The predicted molar refractivity (Wildman–Crippen MR) is 80.8 cm³/mol. The summed E-state index contributed by atoms with van der Waals surface area (Å²) < 4.78 is 15.7. The summed E-state index contributed by atoms with van der Waals surface area (Å²) in [4.78, 5) is 24.9. The fraction of sp³-hybridized carbons (Fsp3) is 0.176. The van der Waals surface area contributed by atoms with Crippen LogP contribution in [0.4, 0.5) is 0 Å². The van der Waals surface area contributed by atoms with Crippen molar-refractivity contribution in [2.24, 2.45) is 0 Å². The van der Waals surface area contributed by atoms with Crippen molar-refractivity contribution >= 4 is 22.3 Å². The third kappa shape index (κ3) is 1.86. The molecule has 0 aliphatic heterocycles. The van der Waals surface area contributed by atoms with Crippen LogP contribution >= 0.6 is 0 Å². The molecule has 5 nitrogen and oxygen atoms in total. The zero-order chi connectivity index (χ0) is 15.9. The molecule has 2 aromatic carbocycles. The van der Waals surface area contributed by atoms with E-state index in [-0.39, 0.29) is 22.9 Å². The van der Waals surface area contributed by atoms with Gasteiger partial charge in [0.05, 0.1) is 21.3 Å². The molecule has 0 spiro atoms. The van der Waals surface area contributed by atoms with E-state index in [4.69, 9.17) is 14.2 Å². The number of carbonyl (C=O) groups excluding carboxylic acids is 2. The third-order valence-corrected chi connectivity index (χ3v) is 3.74. The van der Waals surface area contributed by atoms with Crippen LogP contribution in [0.15, 0.2) is 36.1 Å². The Morgan fingerprint density at radius 3 is 2.14 bits per heavy atom. The van der Waals surface area contributed by atoms with E-state index in [1.54, 1.807) is 31.4 Å². The molecule has 0 unspecified atom stereocenters. The highest BCUT2D eigenvalue weighted by Gasteiger charge is 2.30. The standard InChI is InChI=1S/C17H14O5/c1-20-12-6-7-13(21-2)15-10(12)5-4-9-11(18)8-14(22-3)17(19)16(9)15/h4-8H,1-3H3. The molecule has 22 heavy (non-hydrogen) atoms. The zero-order valence-electron chi connectivity index (χ0n) is 12.4.